The van der Waals surface area contributed by atoms with E-state index in [9.17, 15) is 14.4 Å². The number of hydrogen-bond acceptors (Lipinski definition) is 7. The molecule has 2 fully saturated rings. The number of nitrogens with one attached hydrogen (secondary N) is 1. The van der Waals surface area contributed by atoms with Gasteiger partial charge in [-0.05, 0) is 32.1 Å². The van der Waals surface area contributed by atoms with Crippen molar-refractivity contribution < 1.29 is 9.53 Å². The van der Waals surface area contributed by atoms with Crippen LogP contribution in [0.1, 0.15) is 177 Å². The van der Waals surface area contributed by atoms with Gasteiger partial charge in [0.05, 0.1) is 29.8 Å². The monoisotopic (exact) mass is 738 g/mol. The summed E-state index contributed by atoms with van der Waals surface area (Å²) >= 11 is 15.8. The molecule has 2 aliphatic rings. The lowest BCUT2D eigenvalue weighted by Crippen LogP contribution is -2.48. The lowest BCUT2D eigenvalue weighted by atomic mass is 9.69. The Balaban J connectivity index is 1.29. The molecule has 2 heterocycles. The summed E-state index contributed by atoms with van der Waals surface area (Å²) in [6.45, 7) is 7.04. The fourth-order valence-electron chi connectivity index (χ4n) is 7.95. The number of thiazole rings is 1. The van der Waals surface area contributed by atoms with Crippen molar-refractivity contribution in [3.8, 4) is 0 Å². The van der Waals surface area contributed by atoms with Crippen molar-refractivity contribution in [2.75, 3.05) is 6.61 Å². The average Bonchev–Trinajstić information content (AvgIpc) is 3.49. The van der Waals surface area contributed by atoms with Gasteiger partial charge in [0.25, 0.3) is 5.56 Å². The zero-order chi connectivity index (χ0) is 35.2. The number of rotatable bonds is 20. The molecular formula is C38H60Cl2N4O4S. The lowest BCUT2D eigenvalue weighted by molar-refractivity contribution is -0.142. The number of halogens is 2. The molecule has 11 heteroatoms. The first-order valence-electron chi connectivity index (χ1n) is 19.2. The molecule has 2 aromatic heterocycles. The molecule has 0 aliphatic heterocycles. The third-order valence-electron chi connectivity index (χ3n) is 10.8. The number of carbonyl (C=O) groups is 1. The van der Waals surface area contributed by atoms with Gasteiger partial charge in [0, 0.05) is 32.9 Å². The van der Waals surface area contributed by atoms with E-state index in [0.29, 0.717) is 25.4 Å². The highest BCUT2D eigenvalue weighted by atomic mass is 35.5. The minimum absolute atomic E-state index is 0.119. The maximum atomic E-state index is 13.1. The van der Waals surface area contributed by atoms with Crippen LogP contribution in [0.3, 0.4) is 0 Å². The highest BCUT2D eigenvalue weighted by molar-refractivity contribution is 7.12. The Morgan fingerprint density at radius 2 is 1.49 bits per heavy atom. The summed E-state index contributed by atoms with van der Waals surface area (Å²) in [7, 11) is 0. The first-order chi connectivity index (χ1) is 23.6. The van der Waals surface area contributed by atoms with Crippen LogP contribution in [0.5, 0.6) is 0 Å². The molecule has 1 N–H and O–H groups in total. The minimum Gasteiger partial charge on any atom is -0.465 e. The largest absolute Gasteiger partial charge is 0.465 e. The zero-order valence-corrected chi connectivity index (χ0v) is 32.5. The van der Waals surface area contributed by atoms with E-state index in [1.165, 1.54) is 94.6 Å². The maximum Gasteiger partial charge on any atom is 0.345 e. The Kier molecular flexibility index (Phi) is 16.6. The number of esters is 1. The van der Waals surface area contributed by atoms with Crippen LogP contribution in [-0.4, -0.2) is 43.1 Å². The van der Waals surface area contributed by atoms with Crippen LogP contribution in [0.2, 0.25) is 0 Å². The summed E-state index contributed by atoms with van der Waals surface area (Å²) in [6.07, 6.45) is 24.9. The predicted octanol–water partition coefficient (Wildman–Crippen LogP) is 9.76. The third-order valence-corrected chi connectivity index (χ3v) is 13.1. The van der Waals surface area contributed by atoms with Gasteiger partial charge < -0.3 is 4.74 Å². The van der Waals surface area contributed by atoms with Gasteiger partial charge in [0.15, 0.2) is 0 Å². The quantitative estimate of drug-likeness (QED) is 0.0824. The van der Waals surface area contributed by atoms with E-state index in [4.69, 9.17) is 32.9 Å². The van der Waals surface area contributed by atoms with Crippen molar-refractivity contribution >= 4 is 40.5 Å². The first kappa shape index (κ1) is 40.1. The van der Waals surface area contributed by atoms with Crippen LogP contribution >= 0.6 is 34.5 Å². The minimum atomic E-state index is -0.550. The molecular weight excluding hydrogens is 679 g/mol. The number of nitrogens with zero attached hydrogens (tertiary/aromatic N) is 3. The molecule has 8 nitrogen and oxygen atoms in total. The fraction of sp³-hybridized carbons (Fsp3) is 0.816. The Morgan fingerprint density at radius 1 is 0.918 bits per heavy atom. The summed E-state index contributed by atoms with van der Waals surface area (Å²) in [5, 5.41) is 4.33. The summed E-state index contributed by atoms with van der Waals surface area (Å²) in [5.41, 5.74) is -0.484. The van der Waals surface area contributed by atoms with Crippen LogP contribution in [-0.2, 0) is 21.4 Å². The molecule has 2 aliphatic carbocycles. The molecule has 49 heavy (non-hydrogen) atoms. The van der Waals surface area contributed by atoms with Crippen LogP contribution in [0, 0.1) is 5.92 Å². The standard InChI is InChI=1S/C38H60Cl2N4O4S/c1-4-5-6-7-8-9-10-11-12-13-14-15-19-22-48-33(46)25-31-35(27-20-17-16-18-21-27)43-36(49-31)38(2,3)34-29(39)23-28(24-30(34)40)44-37(47)42-32(45)26-41-44/h26-30,34H,4-25H2,1-3H3,(H,42,45,47). The molecule has 0 spiro atoms. The number of H-pyrrole nitrogens is 1. The number of carbonyl (C=O) groups excluding carboxylic acids is 1. The molecule has 2 unspecified atom stereocenters. The molecule has 2 atom stereocenters. The van der Waals surface area contributed by atoms with Crippen molar-refractivity contribution in [2.45, 2.75) is 184 Å². The Morgan fingerprint density at radius 3 is 2.06 bits per heavy atom. The number of alkyl halides is 2. The molecule has 0 aromatic carbocycles. The van der Waals surface area contributed by atoms with Crippen LogP contribution in [0.25, 0.3) is 0 Å². The van der Waals surface area contributed by atoms with Crippen molar-refractivity contribution in [1.82, 2.24) is 19.7 Å². The molecule has 4 rings (SSSR count). The van der Waals surface area contributed by atoms with E-state index in [-0.39, 0.29) is 35.1 Å². The molecule has 0 amide bonds. The number of hydrogen-bond donors (Lipinski definition) is 1. The van der Waals surface area contributed by atoms with Gasteiger partial charge in [-0.15, -0.1) is 34.5 Å². The highest BCUT2D eigenvalue weighted by Crippen LogP contribution is 2.49. The Labute approximate surface area is 307 Å². The molecule has 276 valence electrons. The second-order valence-corrected chi connectivity index (χ2v) is 17.3. The van der Waals surface area contributed by atoms with E-state index in [0.717, 1.165) is 47.5 Å². The summed E-state index contributed by atoms with van der Waals surface area (Å²) in [6, 6.07) is -0.310. The van der Waals surface area contributed by atoms with Gasteiger partial charge in [-0.25, -0.2) is 14.5 Å². The van der Waals surface area contributed by atoms with E-state index in [1.807, 2.05) is 0 Å². The van der Waals surface area contributed by atoms with Gasteiger partial charge in [0.2, 0.25) is 0 Å². The maximum absolute atomic E-state index is 13.1. The van der Waals surface area contributed by atoms with E-state index in [2.05, 4.69) is 30.9 Å². The average molecular weight is 740 g/mol. The van der Waals surface area contributed by atoms with Gasteiger partial charge >= 0.3 is 11.7 Å². The number of unbranched alkanes of at least 4 members (excludes halogenated alkanes) is 12. The van der Waals surface area contributed by atoms with E-state index >= 15 is 0 Å². The van der Waals surface area contributed by atoms with E-state index < -0.39 is 16.7 Å². The number of aromatic amines is 1. The topological polar surface area (TPSA) is 107 Å². The summed E-state index contributed by atoms with van der Waals surface area (Å²) in [4.78, 5) is 45.7. The smallest absolute Gasteiger partial charge is 0.345 e. The van der Waals surface area contributed by atoms with Crippen molar-refractivity contribution in [2.24, 2.45) is 5.92 Å². The first-order valence-corrected chi connectivity index (χ1v) is 20.9. The van der Waals surface area contributed by atoms with Crippen LogP contribution < -0.4 is 11.2 Å². The normalized spacial score (nSPS) is 22.0. The van der Waals surface area contributed by atoms with Crippen LogP contribution in [0.4, 0.5) is 0 Å². The lowest BCUT2D eigenvalue weighted by Gasteiger charge is -2.44. The van der Waals surface area contributed by atoms with Crippen molar-refractivity contribution in [1.29, 1.82) is 0 Å². The summed E-state index contributed by atoms with van der Waals surface area (Å²) in [5.74, 6) is 0.0611. The molecule has 2 saturated carbocycles. The van der Waals surface area contributed by atoms with Crippen molar-refractivity contribution in [3.63, 3.8) is 0 Å². The van der Waals surface area contributed by atoms with E-state index in [1.54, 1.807) is 11.3 Å². The highest BCUT2D eigenvalue weighted by Gasteiger charge is 2.48. The van der Waals surface area contributed by atoms with Gasteiger partial charge in [-0.2, -0.15) is 5.10 Å². The molecule has 2 aromatic rings. The molecule has 0 bridgehead atoms. The zero-order valence-electron chi connectivity index (χ0n) is 30.2. The van der Waals surface area contributed by atoms with Gasteiger partial charge in [0.1, 0.15) is 6.20 Å². The summed E-state index contributed by atoms with van der Waals surface area (Å²) < 4.78 is 7.04. The van der Waals surface area contributed by atoms with Crippen molar-refractivity contribution in [3.05, 3.63) is 42.6 Å². The second-order valence-electron chi connectivity index (χ2n) is 15.1. The Hall–Kier alpha value is -1.71. The molecule has 0 saturated heterocycles. The number of aromatic nitrogens is 4. The fourth-order valence-corrected chi connectivity index (χ4v) is 10.7. The SMILES string of the molecule is CCCCCCCCCCCCCCCOC(=O)Cc1sc(C(C)(C)C2C(Cl)CC(n3ncc(=O)[nH]c3=O)CC2Cl)nc1C1CCCCC1. The molecule has 0 radical (unpaired) electrons. The number of ether oxygens (including phenoxy) is 1. The van der Waals surface area contributed by atoms with Crippen LogP contribution in [0.15, 0.2) is 15.8 Å². The second kappa shape index (κ2) is 20.4. The van der Waals surface area contributed by atoms with Gasteiger partial charge in [-0.1, -0.05) is 117 Å². The third kappa shape index (κ3) is 11.9. The van der Waals surface area contributed by atoms with Gasteiger partial charge in [-0.3, -0.25) is 14.6 Å². The predicted molar refractivity (Wildman–Crippen MR) is 201 cm³/mol. The Bertz CT molecular complexity index is 1390.